The van der Waals surface area contributed by atoms with Gasteiger partial charge in [-0.15, -0.1) is 0 Å². The molecule has 7 nitrogen and oxygen atoms in total. The van der Waals surface area contributed by atoms with Crippen molar-refractivity contribution in [3.05, 3.63) is 34.4 Å². The number of hydrogen-bond donors (Lipinski definition) is 2. The number of urea groups is 1. The maximum absolute atomic E-state index is 12.2. The predicted octanol–water partition coefficient (Wildman–Crippen LogP) is 2.17. The molecule has 25 heavy (non-hydrogen) atoms. The zero-order valence-electron chi connectivity index (χ0n) is 16.3. The lowest BCUT2D eigenvalue weighted by Crippen LogP contribution is -2.46. The van der Waals surface area contributed by atoms with E-state index in [1.165, 1.54) is 5.56 Å². The summed E-state index contributed by atoms with van der Waals surface area (Å²) in [7, 11) is 1.94. The van der Waals surface area contributed by atoms with Crippen LogP contribution in [0.15, 0.2) is 6.07 Å². The molecule has 0 spiro atoms. The van der Waals surface area contributed by atoms with Gasteiger partial charge in [-0.05, 0) is 59.6 Å². The molecule has 2 amide bonds. The molecule has 0 aliphatic rings. The molecule has 2 aromatic heterocycles. The summed E-state index contributed by atoms with van der Waals surface area (Å²) in [6, 6.07) is 1.91. The Kier molecular flexibility index (Phi) is 5.87. The molecule has 2 N–H and O–H groups in total. The van der Waals surface area contributed by atoms with E-state index in [2.05, 4.69) is 27.8 Å². The van der Waals surface area contributed by atoms with Crippen LogP contribution in [0.2, 0.25) is 0 Å². The van der Waals surface area contributed by atoms with E-state index in [1.54, 1.807) is 0 Å². The van der Waals surface area contributed by atoms with E-state index < -0.39 is 0 Å². The van der Waals surface area contributed by atoms with Crippen LogP contribution < -0.4 is 10.6 Å². The Morgan fingerprint density at radius 1 is 1.12 bits per heavy atom. The van der Waals surface area contributed by atoms with E-state index in [-0.39, 0.29) is 18.1 Å². The number of aromatic nitrogens is 4. The normalized spacial score (nSPS) is 13.6. The van der Waals surface area contributed by atoms with Gasteiger partial charge >= 0.3 is 6.03 Å². The van der Waals surface area contributed by atoms with Gasteiger partial charge in [-0.1, -0.05) is 0 Å². The lowest BCUT2D eigenvalue weighted by Gasteiger charge is -2.19. The Morgan fingerprint density at radius 3 is 2.28 bits per heavy atom. The average Bonchev–Trinajstić information content (AvgIpc) is 2.91. The molecule has 0 aromatic carbocycles. The van der Waals surface area contributed by atoms with Crippen LogP contribution in [0.3, 0.4) is 0 Å². The maximum atomic E-state index is 12.2. The molecule has 7 heteroatoms. The minimum absolute atomic E-state index is 0.00735. The van der Waals surface area contributed by atoms with Crippen LogP contribution in [0.1, 0.15) is 42.2 Å². The quantitative estimate of drug-likeness (QED) is 0.841. The standard InChI is InChI=1S/C18H30N6O/c1-11(9-17-15(5)22-23(7)16(17)6)19-18(25)20-13(3)10-24-14(4)8-12(2)21-24/h8,11,13H,9-10H2,1-7H3,(H2,19,20,25)/t11-,13-/m0/s1. The Morgan fingerprint density at radius 2 is 1.76 bits per heavy atom. The van der Waals surface area contributed by atoms with Gasteiger partial charge in [-0.25, -0.2) is 4.79 Å². The van der Waals surface area contributed by atoms with E-state index in [0.29, 0.717) is 6.54 Å². The van der Waals surface area contributed by atoms with Crippen LogP contribution in [0.5, 0.6) is 0 Å². The highest BCUT2D eigenvalue weighted by atomic mass is 16.2. The number of amides is 2. The Balaban J connectivity index is 1.85. The molecule has 0 aliphatic carbocycles. The van der Waals surface area contributed by atoms with Gasteiger partial charge in [0.25, 0.3) is 0 Å². The van der Waals surface area contributed by atoms with Crippen LogP contribution in [-0.4, -0.2) is 37.7 Å². The number of carbonyl (C=O) groups excluding carboxylic acids is 1. The first-order valence-corrected chi connectivity index (χ1v) is 8.74. The average molecular weight is 346 g/mol. The van der Waals surface area contributed by atoms with Crippen molar-refractivity contribution in [3.8, 4) is 0 Å². The lowest BCUT2D eigenvalue weighted by molar-refractivity contribution is 0.233. The molecule has 0 saturated heterocycles. The summed E-state index contributed by atoms with van der Waals surface area (Å²) in [6.07, 6.45) is 0.769. The van der Waals surface area contributed by atoms with Crippen LogP contribution in [-0.2, 0) is 20.0 Å². The van der Waals surface area contributed by atoms with Crippen molar-refractivity contribution in [2.24, 2.45) is 7.05 Å². The molecule has 0 radical (unpaired) electrons. The first kappa shape index (κ1) is 19.0. The SMILES string of the molecule is Cc1cc(C)n(C[C@H](C)NC(=O)N[C@@H](C)Cc2c(C)nn(C)c2C)n1. The number of carbonyl (C=O) groups is 1. The highest BCUT2D eigenvalue weighted by Crippen LogP contribution is 2.14. The summed E-state index contributed by atoms with van der Waals surface area (Å²) in [5, 5.41) is 14.9. The van der Waals surface area contributed by atoms with E-state index in [4.69, 9.17) is 0 Å². The van der Waals surface area contributed by atoms with Crippen LogP contribution in [0, 0.1) is 27.7 Å². The summed E-state index contributed by atoms with van der Waals surface area (Å²) in [4.78, 5) is 12.2. The third-order valence-corrected chi connectivity index (χ3v) is 4.47. The molecule has 138 valence electrons. The minimum atomic E-state index is -0.152. The van der Waals surface area contributed by atoms with Gasteiger partial charge in [0.05, 0.1) is 17.9 Å². The van der Waals surface area contributed by atoms with Crippen molar-refractivity contribution >= 4 is 6.03 Å². The fourth-order valence-electron chi connectivity index (χ4n) is 3.12. The van der Waals surface area contributed by atoms with Crippen molar-refractivity contribution in [2.45, 2.75) is 66.6 Å². The van der Waals surface area contributed by atoms with Crippen LogP contribution in [0.25, 0.3) is 0 Å². The van der Waals surface area contributed by atoms with Crippen molar-refractivity contribution in [1.82, 2.24) is 30.2 Å². The number of rotatable bonds is 6. The monoisotopic (exact) mass is 346 g/mol. The van der Waals surface area contributed by atoms with E-state index >= 15 is 0 Å². The second kappa shape index (κ2) is 7.72. The summed E-state index contributed by atoms with van der Waals surface area (Å²) >= 11 is 0. The van der Waals surface area contributed by atoms with Crippen molar-refractivity contribution in [1.29, 1.82) is 0 Å². The number of nitrogens with zero attached hydrogens (tertiary/aromatic N) is 4. The predicted molar refractivity (Wildman–Crippen MR) is 98.7 cm³/mol. The molecule has 0 aliphatic heterocycles. The Hall–Kier alpha value is -2.31. The first-order chi connectivity index (χ1) is 11.7. The molecule has 2 heterocycles. The van der Waals surface area contributed by atoms with E-state index in [1.807, 2.05) is 57.1 Å². The van der Waals surface area contributed by atoms with Crippen molar-refractivity contribution in [2.75, 3.05) is 0 Å². The molecule has 0 bridgehead atoms. The highest BCUT2D eigenvalue weighted by Gasteiger charge is 2.16. The molecular formula is C18H30N6O. The molecule has 0 fully saturated rings. The van der Waals surface area contributed by atoms with Crippen LogP contribution >= 0.6 is 0 Å². The summed E-state index contributed by atoms with van der Waals surface area (Å²) < 4.78 is 3.81. The van der Waals surface area contributed by atoms with Gasteiger partial charge in [-0.2, -0.15) is 10.2 Å². The van der Waals surface area contributed by atoms with Gasteiger partial charge in [0.2, 0.25) is 0 Å². The van der Waals surface area contributed by atoms with E-state index in [0.717, 1.165) is 29.2 Å². The minimum Gasteiger partial charge on any atom is -0.335 e. The molecule has 0 saturated carbocycles. The van der Waals surface area contributed by atoms with Gasteiger partial charge in [-0.3, -0.25) is 9.36 Å². The third-order valence-electron chi connectivity index (χ3n) is 4.47. The second-order valence-electron chi connectivity index (χ2n) is 7.01. The highest BCUT2D eigenvalue weighted by molar-refractivity contribution is 5.74. The maximum Gasteiger partial charge on any atom is 0.315 e. The van der Waals surface area contributed by atoms with Gasteiger partial charge in [0.15, 0.2) is 0 Å². The molecule has 2 atom stereocenters. The van der Waals surface area contributed by atoms with Gasteiger partial charge in [0, 0.05) is 30.5 Å². The molecule has 2 rings (SSSR count). The fraction of sp³-hybridized carbons (Fsp3) is 0.611. The third kappa shape index (κ3) is 4.84. The molecule has 0 unspecified atom stereocenters. The van der Waals surface area contributed by atoms with Crippen molar-refractivity contribution in [3.63, 3.8) is 0 Å². The van der Waals surface area contributed by atoms with E-state index in [9.17, 15) is 4.79 Å². The number of nitrogens with one attached hydrogen (secondary N) is 2. The topological polar surface area (TPSA) is 76.8 Å². The van der Waals surface area contributed by atoms with Crippen LogP contribution in [0.4, 0.5) is 4.79 Å². The molecule has 2 aromatic rings. The second-order valence-corrected chi connectivity index (χ2v) is 7.01. The lowest BCUT2D eigenvalue weighted by atomic mass is 10.1. The summed E-state index contributed by atoms with van der Waals surface area (Å²) in [5.41, 5.74) is 5.45. The first-order valence-electron chi connectivity index (χ1n) is 8.74. The summed E-state index contributed by atoms with van der Waals surface area (Å²) in [6.45, 7) is 12.7. The van der Waals surface area contributed by atoms with Crippen molar-refractivity contribution < 1.29 is 4.79 Å². The zero-order valence-corrected chi connectivity index (χ0v) is 16.3. The Labute approximate surface area is 149 Å². The van der Waals surface area contributed by atoms with Gasteiger partial charge in [0.1, 0.15) is 0 Å². The fourth-order valence-corrected chi connectivity index (χ4v) is 3.12. The smallest absolute Gasteiger partial charge is 0.315 e. The number of hydrogen-bond acceptors (Lipinski definition) is 3. The Bertz CT molecular complexity index is 745. The summed E-state index contributed by atoms with van der Waals surface area (Å²) in [5.74, 6) is 0. The zero-order chi connectivity index (χ0) is 18.7. The number of aryl methyl sites for hydroxylation is 4. The molecular weight excluding hydrogens is 316 g/mol. The van der Waals surface area contributed by atoms with Gasteiger partial charge < -0.3 is 10.6 Å². The largest absolute Gasteiger partial charge is 0.335 e.